The van der Waals surface area contributed by atoms with Gasteiger partial charge in [-0.05, 0) is 62.0 Å². The van der Waals surface area contributed by atoms with Crippen molar-refractivity contribution in [2.75, 3.05) is 31.6 Å². The van der Waals surface area contributed by atoms with Crippen LogP contribution >= 0.6 is 0 Å². The number of carbonyl (C=O) groups is 1. The van der Waals surface area contributed by atoms with Gasteiger partial charge in [-0.15, -0.1) is 0 Å². The van der Waals surface area contributed by atoms with Gasteiger partial charge in [0.05, 0.1) is 17.6 Å². The molecule has 10 nitrogen and oxygen atoms in total. The molecular formula is C33H29F2N5O5. The van der Waals surface area contributed by atoms with Crippen molar-refractivity contribution < 1.29 is 27.8 Å². The summed E-state index contributed by atoms with van der Waals surface area (Å²) in [4.78, 5) is 41.7. The summed E-state index contributed by atoms with van der Waals surface area (Å²) in [5.74, 6) is -1.03. The molecule has 2 N–H and O–H groups in total. The van der Waals surface area contributed by atoms with Crippen molar-refractivity contribution in [1.29, 1.82) is 0 Å². The number of phenolic OH excluding ortho intramolecular Hbond substituents is 1. The molecule has 0 unspecified atom stereocenters. The highest BCUT2D eigenvalue weighted by Gasteiger charge is 2.49. The molecule has 0 radical (unpaired) electrons. The number of ether oxygens (including phenoxy) is 1. The van der Waals surface area contributed by atoms with Gasteiger partial charge in [-0.1, -0.05) is 18.2 Å². The van der Waals surface area contributed by atoms with Crippen LogP contribution < -0.4 is 15.7 Å². The van der Waals surface area contributed by atoms with Gasteiger partial charge in [0.15, 0.2) is 5.78 Å². The number of rotatable bonds is 8. The molecule has 7 rings (SSSR count). The number of benzene rings is 2. The molecule has 2 aliphatic rings. The number of hydrogen-bond donors (Lipinski definition) is 2. The Hall–Kier alpha value is -4.97. The Morgan fingerprint density at radius 1 is 1.20 bits per heavy atom. The molecule has 45 heavy (non-hydrogen) atoms. The first-order chi connectivity index (χ1) is 21.7. The molecule has 3 aromatic heterocycles. The number of aryl methyl sites for hydroxylation is 1. The number of aromatic nitrogens is 3. The van der Waals surface area contributed by atoms with Gasteiger partial charge in [-0.25, -0.2) is 13.6 Å². The van der Waals surface area contributed by atoms with Crippen molar-refractivity contribution in [2.45, 2.75) is 37.9 Å². The van der Waals surface area contributed by atoms with Crippen molar-refractivity contribution in [3.63, 3.8) is 0 Å². The van der Waals surface area contributed by atoms with Crippen LogP contribution in [0.2, 0.25) is 0 Å². The zero-order valence-corrected chi connectivity index (χ0v) is 24.3. The number of Topliss-reactive ketones (excluding diaryl/α,β-unsaturated/α-hetero) is 1. The number of alkyl halides is 1. The molecule has 230 valence electrons. The number of aromatic hydroxyl groups is 1. The summed E-state index contributed by atoms with van der Waals surface area (Å²) >= 11 is 0. The average molecular weight is 614 g/mol. The molecule has 2 fully saturated rings. The normalized spacial score (nSPS) is 19.7. The summed E-state index contributed by atoms with van der Waals surface area (Å²) in [5.41, 5.74) is -0.409. The van der Waals surface area contributed by atoms with Crippen molar-refractivity contribution in [2.24, 2.45) is 0 Å². The second-order valence-corrected chi connectivity index (χ2v) is 11.6. The molecule has 0 amide bonds. The van der Waals surface area contributed by atoms with E-state index in [1.165, 1.54) is 30.5 Å². The molecule has 2 atom stereocenters. The van der Waals surface area contributed by atoms with Crippen LogP contribution in [0.5, 0.6) is 11.8 Å². The van der Waals surface area contributed by atoms with Crippen LogP contribution in [0.25, 0.3) is 33.0 Å². The number of nitrogens with zero attached hydrogens (tertiary/aromatic N) is 4. The minimum Gasteiger partial charge on any atom is -0.508 e. The monoisotopic (exact) mass is 613 g/mol. The lowest BCUT2D eigenvalue weighted by Gasteiger charge is -2.30. The Labute approximate surface area is 255 Å². The third-order valence-corrected chi connectivity index (χ3v) is 8.74. The molecule has 0 saturated carbocycles. The smallest absolute Gasteiger partial charge is 0.349 e. The van der Waals surface area contributed by atoms with E-state index in [4.69, 9.17) is 9.15 Å². The zero-order chi connectivity index (χ0) is 31.3. The number of phenols is 1. The van der Waals surface area contributed by atoms with Crippen LogP contribution in [0, 0.1) is 12.7 Å². The fraction of sp³-hybridized carbons (Fsp3) is 0.303. The number of nitrogens with one attached hydrogen (secondary N) is 1. The third-order valence-electron chi connectivity index (χ3n) is 8.74. The highest BCUT2D eigenvalue weighted by molar-refractivity contribution is 6.02. The van der Waals surface area contributed by atoms with E-state index in [0.29, 0.717) is 23.9 Å². The van der Waals surface area contributed by atoms with Gasteiger partial charge in [-0.2, -0.15) is 9.97 Å². The van der Waals surface area contributed by atoms with E-state index >= 15 is 4.39 Å². The van der Waals surface area contributed by atoms with Crippen molar-refractivity contribution in [1.82, 2.24) is 19.9 Å². The van der Waals surface area contributed by atoms with E-state index < -0.39 is 23.2 Å². The number of anilines is 1. The van der Waals surface area contributed by atoms with Crippen molar-refractivity contribution >= 4 is 33.3 Å². The molecule has 0 bridgehead atoms. The Balaban J connectivity index is 1.34. The van der Waals surface area contributed by atoms with Crippen LogP contribution in [0.3, 0.4) is 0 Å². The Kier molecular flexibility index (Phi) is 7.16. The summed E-state index contributed by atoms with van der Waals surface area (Å²) in [6.45, 7) is 2.68. The van der Waals surface area contributed by atoms with Gasteiger partial charge in [0.25, 0.3) is 0 Å². The summed E-state index contributed by atoms with van der Waals surface area (Å²) < 4.78 is 41.4. The van der Waals surface area contributed by atoms with E-state index in [1.807, 2.05) is 0 Å². The number of fused-ring (bicyclic) bond motifs is 3. The Bertz CT molecular complexity index is 2020. The lowest BCUT2D eigenvalue weighted by Crippen LogP contribution is -2.43. The van der Waals surface area contributed by atoms with Gasteiger partial charge in [-0.3, -0.25) is 14.7 Å². The molecule has 5 aromatic rings. The van der Waals surface area contributed by atoms with Crippen molar-refractivity contribution in [3.8, 4) is 23.1 Å². The largest absolute Gasteiger partial charge is 0.508 e. The number of pyridine rings is 1. The average Bonchev–Trinajstić information content (AvgIpc) is 3.56. The first-order valence-electron chi connectivity index (χ1n) is 14.7. The maximum Gasteiger partial charge on any atom is 0.349 e. The molecule has 0 spiro atoms. The van der Waals surface area contributed by atoms with E-state index in [1.54, 1.807) is 31.2 Å². The SMILES string of the molecule is Cc1c(-c2cc(O)cc3cccc(F)c23)oc(=O)c2c(NCC(=O)c3ccccn3)nc(OC[C@@]34CCCN3C[C@H](F)C4)nc12. The summed E-state index contributed by atoms with van der Waals surface area (Å²) in [6.07, 6.45) is 2.59. The minimum absolute atomic E-state index is 0.00481. The molecule has 12 heteroatoms. The predicted octanol–water partition coefficient (Wildman–Crippen LogP) is 5.20. The standard InChI is InChI=1S/C33H29F2N5O5/c1-18-28-27(31(43)45-29(18)22-13-21(41)12-19-6-4-7-23(35)26(19)22)30(37-15-25(42)24-8-2-3-10-36-24)39-32(38-28)44-17-33-9-5-11-40(33)16-20(34)14-33/h2-4,6-8,10,12-13,20,41H,5,9,11,14-17H2,1H3,(H,37,38,39)/t20-,33+/m1/s1. The maximum atomic E-state index is 15.1. The quantitative estimate of drug-likeness (QED) is 0.225. The van der Waals surface area contributed by atoms with Crippen molar-refractivity contribution in [3.05, 3.63) is 82.2 Å². The Morgan fingerprint density at radius 3 is 2.89 bits per heavy atom. The highest BCUT2D eigenvalue weighted by atomic mass is 19.1. The maximum absolute atomic E-state index is 15.1. The van der Waals surface area contributed by atoms with Gasteiger partial charge >= 0.3 is 11.6 Å². The summed E-state index contributed by atoms with van der Waals surface area (Å²) in [7, 11) is 0. The van der Waals surface area contributed by atoms with E-state index in [2.05, 4.69) is 25.2 Å². The van der Waals surface area contributed by atoms with Gasteiger partial charge in [0.2, 0.25) is 0 Å². The second-order valence-electron chi connectivity index (χ2n) is 11.6. The zero-order valence-electron chi connectivity index (χ0n) is 24.3. The molecule has 2 aliphatic heterocycles. The molecule has 2 aromatic carbocycles. The van der Waals surface area contributed by atoms with Gasteiger partial charge in [0.1, 0.15) is 47.0 Å². The third kappa shape index (κ3) is 5.14. The lowest BCUT2D eigenvalue weighted by molar-refractivity contribution is 0.100. The van der Waals surface area contributed by atoms with E-state index in [9.17, 15) is 19.1 Å². The molecular weight excluding hydrogens is 584 g/mol. The second kappa shape index (κ2) is 11.2. The molecule has 0 aliphatic carbocycles. The van der Waals surface area contributed by atoms with Gasteiger partial charge < -0.3 is 19.6 Å². The number of hydrogen-bond acceptors (Lipinski definition) is 10. The topological polar surface area (TPSA) is 131 Å². The van der Waals surface area contributed by atoms with E-state index in [-0.39, 0.29) is 69.8 Å². The summed E-state index contributed by atoms with van der Waals surface area (Å²) in [5, 5.41) is 13.9. The fourth-order valence-corrected chi connectivity index (χ4v) is 6.66. The lowest BCUT2D eigenvalue weighted by atomic mass is 9.95. The Morgan fingerprint density at radius 2 is 2.07 bits per heavy atom. The first-order valence-corrected chi connectivity index (χ1v) is 14.7. The number of halogens is 2. The predicted molar refractivity (Wildman–Crippen MR) is 163 cm³/mol. The molecule has 2 saturated heterocycles. The van der Waals surface area contributed by atoms with Crippen LogP contribution in [0.4, 0.5) is 14.6 Å². The van der Waals surface area contributed by atoms with Crippen LogP contribution in [-0.2, 0) is 0 Å². The first kappa shape index (κ1) is 28.8. The fourth-order valence-electron chi connectivity index (χ4n) is 6.66. The summed E-state index contributed by atoms with van der Waals surface area (Å²) in [6, 6.07) is 12.1. The van der Waals surface area contributed by atoms with Crippen LogP contribution in [0.1, 0.15) is 35.3 Å². The number of carbonyl (C=O) groups excluding carboxylic acids is 1. The van der Waals surface area contributed by atoms with E-state index in [0.717, 1.165) is 19.4 Å². The highest BCUT2D eigenvalue weighted by Crippen LogP contribution is 2.41. The molecule has 5 heterocycles. The number of ketones is 1. The van der Waals surface area contributed by atoms with Gasteiger partial charge in [0, 0.05) is 35.7 Å². The minimum atomic E-state index is -0.951. The van der Waals surface area contributed by atoms with Crippen LogP contribution in [-0.4, -0.2) is 68.7 Å². The van der Waals surface area contributed by atoms with Crippen LogP contribution in [0.15, 0.2) is 63.9 Å².